The number of nitrogens with zero attached hydrogens (tertiary/aromatic N) is 2. The Morgan fingerprint density at radius 1 is 0.706 bits per heavy atom. The number of benzene rings is 3. The molecule has 1 aromatic heterocycles. The average molecular weight is 609 g/mol. The molecule has 0 amide bonds. The van der Waals surface area contributed by atoms with E-state index in [1.807, 2.05) is 24.4 Å². The molecule has 0 bridgehead atoms. The van der Waals surface area contributed by atoms with Crippen molar-refractivity contribution in [3.05, 3.63) is 108 Å². The molecular formula is C30H30CuIN2. The second-order valence-corrected chi connectivity index (χ2v) is 8.80. The van der Waals surface area contributed by atoms with Gasteiger partial charge >= 0.3 is 33.1 Å². The van der Waals surface area contributed by atoms with E-state index in [4.69, 9.17) is 4.99 Å². The van der Waals surface area contributed by atoms with Crippen LogP contribution in [-0.2, 0) is 12.8 Å². The van der Waals surface area contributed by atoms with Gasteiger partial charge in [-0.3, -0.25) is 9.98 Å². The Labute approximate surface area is 223 Å². The van der Waals surface area contributed by atoms with Gasteiger partial charge in [-0.05, 0) is 57.9 Å². The van der Waals surface area contributed by atoms with Crippen LogP contribution in [0.3, 0.4) is 0 Å². The molecule has 2 nitrogen and oxygen atoms in total. The van der Waals surface area contributed by atoms with E-state index >= 15 is 0 Å². The molecule has 0 N–H and O–H groups in total. The Hall–Kier alpha value is -2.27. The van der Waals surface area contributed by atoms with Crippen molar-refractivity contribution in [1.29, 1.82) is 0 Å². The van der Waals surface area contributed by atoms with Crippen LogP contribution in [0.1, 0.15) is 56.4 Å². The van der Waals surface area contributed by atoms with Crippen LogP contribution < -0.4 is 0 Å². The van der Waals surface area contributed by atoms with E-state index in [1.54, 1.807) is 26.5 Å². The number of hydrogen-bond acceptors (Lipinski definition) is 2. The standard InChI is InChI=1S/C30H30N2.Cu.HI/c1-21(2)23-8-12-25(13-9-23)27-16-17-29(26-14-10-24(11-15-26)22(3)4)30(19-27)32-20-28-7-5-6-18-31-28;;/h5-22H,1-4H3;;1H/q;+1;/p-1. The van der Waals surface area contributed by atoms with Crippen molar-refractivity contribution in [3.63, 3.8) is 0 Å². The van der Waals surface area contributed by atoms with Crippen molar-refractivity contribution < 1.29 is 12.8 Å². The van der Waals surface area contributed by atoms with Crippen LogP contribution in [0.4, 0.5) is 5.69 Å². The van der Waals surface area contributed by atoms with Crippen molar-refractivity contribution in [2.45, 2.75) is 39.5 Å². The van der Waals surface area contributed by atoms with Crippen LogP contribution in [0, 0.1) is 0 Å². The summed E-state index contributed by atoms with van der Waals surface area (Å²) in [6, 6.07) is 30.1. The van der Waals surface area contributed by atoms with Gasteiger partial charge in [0.2, 0.25) is 0 Å². The number of pyridine rings is 1. The van der Waals surface area contributed by atoms with Gasteiger partial charge in [0.1, 0.15) is 0 Å². The Balaban J connectivity index is 0.00000158. The fraction of sp³-hybridized carbons (Fsp3) is 0.200. The Morgan fingerprint density at radius 3 is 1.79 bits per heavy atom. The second-order valence-electron chi connectivity index (χ2n) is 8.80. The first-order chi connectivity index (χ1) is 16.5. The molecule has 4 heteroatoms. The van der Waals surface area contributed by atoms with Gasteiger partial charge in [0.15, 0.2) is 0 Å². The molecule has 0 aliphatic heterocycles. The Kier molecular flexibility index (Phi) is 10.1. The summed E-state index contributed by atoms with van der Waals surface area (Å²) in [5.74, 6) is 1.04. The SMILES string of the molecule is CC(C)c1ccc(-c2ccc(-c3ccc(C(C)C)cc3)c(N=Cc3ccccn3)c2)cc1.[Cu][I]. The minimum atomic E-state index is 0.516. The summed E-state index contributed by atoms with van der Waals surface area (Å²) in [4.78, 5) is 9.24. The number of aliphatic imine (C=N–C) groups is 1. The Morgan fingerprint density at radius 2 is 1.26 bits per heavy atom. The van der Waals surface area contributed by atoms with Gasteiger partial charge in [-0.1, -0.05) is 94.4 Å². The predicted octanol–water partition coefficient (Wildman–Crippen LogP) is 9.30. The summed E-state index contributed by atoms with van der Waals surface area (Å²) in [6.45, 7) is 8.88. The van der Waals surface area contributed by atoms with Gasteiger partial charge in [-0.2, -0.15) is 0 Å². The zero-order chi connectivity index (χ0) is 24.5. The second kappa shape index (κ2) is 13.0. The van der Waals surface area contributed by atoms with Crippen LogP contribution >= 0.6 is 20.3 Å². The first-order valence-electron chi connectivity index (χ1n) is 11.4. The van der Waals surface area contributed by atoms with E-state index in [0.717, 1.165) is 22.5 Å². The molecule has 34 heavy (non-hydrogen) atoms. The van der Waals surface area contributed by atoms with E-state index in [0.29, 0.717) is 11.8 Å². The van der Waals surface area contributed by atoms with Gasteiger partial charge in [-0.15, -0.1) is 0 Å². The molecule has 4 rings (SSSR count). The molecule has 0 atom stereocenters. The van der Waals surface area contributed by atoms with Crippen molar-refractivity contribution in [2.24, 2.45) is 4.99 Å². The zero-order valence-corrected chi connectivity index (χ0v) is 23.1. The molecule has 0 fully saturated rings. The van der Waals surface area contributed by atoms with Crippen LogP contribution in [0.5, 0.6) is 0 Å². The van der Waals surface area contributed by atoms with Crippen LogP contribution in [-0.4, -0.2) is 11.2 Å². The molecule has 0 aliphatic carbocycles. The minimum absolute atomic E-state index is 0.516. The van der Waals surface area contributed by atoms with Crippen molar-refractivity contribution in [3.8, 4) is 22.3 Å². The summed E-state index contributed by atoms with van der Waals surface area (Å²) in [6.07, 6.45) is 3.63. The van der Waals surface area contributed by atoms with Gasteiger partial charge in [0, 0.05) is 11.8 Å². The molecule has 4 aromatic rings. The third kappa shape index (κ3) is 6.88. The molecule has 0 unspecified atom stereocenters. The molecular weight excluding hydrogens is 579 g/mol. The van der Waals surface area contributed by atoms with Crippen molar-refractivity contribution in [2.75, 3.05) is 0 Å². The summed E-state index contributed by atoms with van der Waals surface area (Å²) >= 11 is 5.87. The predicted molar refractivity (Wildman–Crippen MR) is 151 cm³/mol. The van der Waals surface area contributed by atoms with E-state index < -0.39 is 0 Å². The summed E-state index contributed by atoms with van der Waals surface area (Å²) in [7, 11) is 0. The van der Waals surface area contributed by atoms with Crippen LogP contribution in [0.2, 0.25) is 0 Å². The normalized spacial score (nSPS) is 11.1. The average Bonchev–Trinajstić information content (AvgIpc) is 2.89. The van der Waals surface area contributed by atoms with Crippen molar-refractivity contribution >= 4 is 32.2 Å². The van der Waals surface area contributed by atoms with Crippen molar-refractivity contribution in [1.82, 2.24) is 4.98 Å². The number of halogens is 1. The summed E-state index contributed by atoms with van der Waals surface area (Å²) in [5, 5.41) is 0. The van der Waals surface area contributed by atoms with Crippen LogP contribution in [0.25, 0.3) is 22.3 Å². The molecule has 3 aromatic carbocycles. The third-order valence-corrected chi connectivity index (χ3v) is 5.82. The fourth-order valence-electron chi connectivity index (χ4n) is 3.76. The summed E-state index contributed by atoms with van der Waals surface area (Å²) in [5.41, 5.74) is 9.14. The zero-order valence-electron chi connectivity index (χ0n) is 20.0. The molecule has 0 saturated carbocycles. The fourth-order valence-corrected chi connectivity index (χ4v) is 3.76. The molecule has 178 valence electrons. The third-order valence-electron chi connectivity index (χ3n) is 5.82. The first-order valence-corrected chi connectivity index (χ1v) is 14.5. The number of aromatic nitrogens is 1. The topological polar surface area (TPSA) is 25.2 Å². The molecule has 0 radical (unpaired) electrons. The maximum absolute atomic E-state index is 4.85. The maximum atomic E-state index is 4.85. The monoisotopic (exact) mass is 608 g/mol. The molecule has 0 aliphatic rings. The summed E-state index contributed by atoms with van der Waals surface area (Å²) < 4.78 is 0. The molecule has 0 saturated heterocycles. The van der Waals surface area contributed by atoms with E-state index in [-0.39, 0.29) is 0 Å². The van der Waals surface area contributed by atoms with Gasteiger partial charge in [-0.25, -0.2) is 0 Å². The number of rotatable bonds is 6. The van der Waals surface area contributed by atoms with Gasteiger partial charge in [0.25, 0.3) is 0 Å². The van der Waals surface area contributed by atoms with E-state index in [9.17, 15) is 0 Å². The van der Waals surface area contributed by atoms with Crippen LogP contribution in [0.15, 0.2) is 96.1 Å². The Bertz CT molecular complexity index is 1200. The van der Waals surface area contributed by atoms with Gasteiger partial charge in [0.05, 0.1) is 17.6 Å². The quantitative estimate of drug-likeness (QED) is 0.122. The van der Waals surface area contributed by atoms with Gasteiger partial charge < -0.3 is 0 Å². The molecule has 1 heterocycles. The van der Waals surface area contributed by atoms with E-state index in [1.165, 1.54) is 22.3 Å². The van der Waals surface area contributed by atoms with E-state index in [2.05, 4.69) is 112 Å². The first kappa shape index (κ1) is 26.3. The number of hydrogen-bond donors (Lipinski definition) is 0. The molecule has 0 spiro atoms.